The van der Waals surface area contributed by atoms with Crippen molar-refractivity contribution in [1.82, 2.24) is 0 Å². The van der Waals surface area contributed by atoms with Gasteiger partial charge in [0, 0.05) is 0 Å². The molecule has 0 radical (unpaired) electrons. The van der Waals surface area contributed by atoms with Crippen molar-refractivity contribution in [2.45, 2.75) is 29.6 Å². The van der Waals surface area contributed by atoms with Gasteiger partial charge in [-0.1, -0.05) is 19.4 Å². The Bertz CT molecular complexity index is 663. The molecule has 0 fully saturated rings. The summed E-state index contributed by atoms with van der Waals surface area (Å²) >= 11 is 0. The van der Waals surface area contributed by atoms with Gasteiger partial charge in [0.2, 0.25) is 0 Å². The minimum atomic E-state index is -4.74. The third kappa shape index (κ3) is 3.27. The highest BCUT2D eigenvalue weighted by Crippen LogP contribution is 2.25. The molecule has 1 unspecified atom stereocenters. The molecule has 1 aromatic rings. The van der Waals surface area contributed by atoms with Crippen LogP contribution in [0.5, 0.6) is 0 Å². The third-order valence-electron chi connectivity index (χ3n) is 2.30. The first-order valence-corrected chi connectivity index (χ1v) is 8.41. The molecule has 0 amide bonds. The molecule has 0 aliphatic carbocycles. The van der Waals surface area contributed by atoms with Crippen LogP contribution in [0, 0.1) is 0 Å². The second-order valence-electron chi connectivity index (χ2n) is 3.66. The highest BCUT2D eigenvalue weighted by molar-refractivity contribution is 7.89. The fourth-order valence-electron chi connectivity index (χ4n) is 1.62. The highest BCUT2D eigenvalue weighted by Gasteiger charge is 2.27. The molecule has 6 nitrogen and oxygen atoms in total. The molecule has 0 saturated heterocycles. The summed E-state index contributed by atoms with van der Waals surface area (Å²) in [4.78, 5) is -1.56. The van der Waals surface area contributed by atoms with Crippen molar-refractivity contribution in [2.24, 2.45) is 0 Å². The maximum atomic E-state index is 11.3. The summed E-state index contributed by atoms with van der Waals surface area (Å²) in [5.41, 5.74) is 0.167. The quantitative estimate of drug-likeness (QED) is 0.623. The first-order valence-electron chi connectivity index (χ1n) is 4.95. The van der Waals surface area contributed by atoms with E-state index in [9.17, 15) is 16.8 Å². The van der Waals surface area contributed by atoms with Crippen LogP contribution in [0.3, 0.4) is 0 Å². The van der Waals surface area contributed by atoms with Gasteiger partial charge in [0.15, 0.2) is 0 Å². The minimum Gasteiger partial charge on any atom is -0.282 e. The topological polar surface area (TPSA) is 109 Å². The Kier molecular flexibility index (Phi) is 4.51. The summed E-state index contributed by atoms with van der Waals surface area (Å²) in [7, 11) is -7.20. The van der Waals surface area contributed by atoms with Gasteiger partial charge in [-0.15, -0.1) is 9.24 Å². The zero-order chi connectivity index (χ0) is 14.1. The summed E-state index contributed by atoms with van der Waals surface area (Å²) in [5.74, 6) is 0. The van der Waals surface area contributed by atoms with E-state index in [0.29, 0.717) is 11.7 Å². The van der Waals surface area contributed by atoms with Gasteiger partial charge in [-0.3, -0.25) is 9.11 Å². The van der Waals surface area contributed by atoms with Crippen LogP contribution in [0.2, 0.25) is 0 Å². The zero-order valence-corrected chi connectivity index (χ0v) is 12.3. The lowest BCUT2D eigenvalue weighted by Gasteiger charge is -2.12. The van der Waals surface area contributed by atoms with Gasteiger partial charge in [0.25, 0.3) is 20.2 Å². The maximum absolute atomic E-state index is 11.3. The smallest absolute Gasteiger partial charge is 0.282 e. The van der Waals surface area contributed by atoms with Gasteiger partial charge >= 0.3 is 0 Å². The monoisotopic (exact) mass is 312 g/mol. The van der Waals surface area contributed by atoms with E-state index < -0.39 is 30.0 Å². The van der Waals surface area contributed by atoms with Gasteiger partial charge in [0.1, 0.15) is 9.79 Å². The van der Waals surface area contributed by atoms with Crippen LogP contribution < -0.4 is 5.30 Å². The molecule has 0 aliphatic rings. The summed E-state index contributed by atoms with van der Waals surface area (Å²) < 4.78 is 63.1. The average molecular weight is 312 g/mol. The van der Waals surface area contributed by atoms with Crippen molar-refractivity contribution in [3.8, 4) is 0 Å². The Morgan fingerprint density at radius 1 is 1.11 bits per heavy atom. The maximum Gasteiger partial charge on any atom is 0.296 e. The van der Waals surface area contributed by atoms with Gasteiger partial charge in [-0.25, -0.2) is 0 Å². The third-order valence-corrected chi connectivity index (χ3v) is 4.84. The lowest BCUT2D eigenvalue weighted by Crippen LogP contribution is -2.16. The molecule has 0 bridgehead atoms. The molecule has 9 heteroatoms. The molecule has 18 heavy (non-hydrogen) atoms. The largest absolute Gasteiger partial charge is 0.296 e. The molecule has 102 valence electrons. The second-order valence-corrected chi connectivity index (χ2v) is 7.03. The fraction of sp³-hybridized carbons (Fsp3) is 0.333. The van der Waals surface area contributed by atoms with E-state index in [0.717, 1.165) is 6.07 Å². The van der Waals surface area contributed by atoms with Crippen LogP contribution in [0.4, 0.5) is 0 Å². The highest BCUT2D eigenvalue weighted by atomic mass is 32.2. The molecule has 1 atom stereocenters. The van der Waals surface area contributed by atoms with E-state index in [2.05, 4.69) is 9.24 Å². The van der Waals surface area contributed by atoms with Crippen molar-refractivity contribution in [2.75, 3.05) is 0 Å². The number of benzene rings is 1. The molecule has 0 aliphatic heterocycles. The molecule has 1 aromatic carbocycles. The summed E-state index contributed by atoms with van der Waals surface area (Å²) in [6, 6.07) is 2.30. The molecular weight excluding hydrogens is 299 g/mol. The summed E-state index contributed by atoms with van der Waals surface area (Å²) in [5, 5.41) is 0.455. The number of hydrogen-bond acceptors (Lipinski definition) is 4. The van der Waals surface area contributed by atoms with E-state index in [-0.39, 0.29) is 12.0 Å². The van der Waals surface area contributed by atoms with Gasteiger partial charge < -0.3 is 0 Å². The van der Waals surface area contributed by atoms with E-state index in [4.69, 9.17) is 9.11 Å². The predicted octanol–water partition coefficient (Wildman–Crippen LogP) is 0.633. The molecule has 0 saturated carbocycles. The van der Waals surface area contributed by atoms with Gasteiger partial charge in [0.05, 0.1) is 0 Å². The lowest BCUT2D eigenvalue weighted by molar-refractivity contribution is 0.465. The van der Waals surface area contributed by atoms with Gasteiger partial charge in [-0.2, -0.15) is 16.8 Å². The number of hydrogen-bond donors (Lipinski definition) is 2. The van der Waals surface area contributed by atoms with Gasteiger partial charge in [-0.05, 0) is 23.4 Å². The van der Waals surface area contributed by atoms with Crippen molar-refractivity contribution in [3.63, 3.8) is 0 Å². The predicted molar refractivity (Wildman–Crippen MR) is 69.4 cm³/mol. The molecule has 0 aromatic heterocycles. The Morgan fingerprint density at radius 2 is 1.67 bits per heavy atom. The lowest BCUT2D eigenvalue weighted by atomic mass is 10.1. The normalized spacial score (nSPS) is 12.7. The van der Waals surface area contributed by atoms with Crippen LogP contribution in [0.15, 0.2) is 21.9 Å². The Hall–Kier alpha value is -0.530. The van der Waals surface area contributed by atoms with Crippen LogP contribution in [-0.2, 0) is 26.7 Å². The molecule has 2 N–H and O–H groups in total. The van der Waals surface area contributed by atoms with E-state index >= 15 is 0 Å². The van der Waals surface area contributed by atoms with Crippen molar-refractivity contribution < 1.29 is 25.9 Å². The van der Waals surface area contributed by atoms with Crippen molar-refractivity contribution in [1.29, 1.82) is 0 Å². The van der Waals surface area contributed by atoms with E-state index in [1.54, 1.807) is 6.92 Å². The SMILES string of the molecule is CCCc1c(P)ccc(S(=O)(=O)O)c1S(=O)(=O)O. The molecule has 0 heterocycles. The molecule has 0 spiro atoms. The first-order chi connectivity index (χ1) is 8.09. The molecule has 1 rings (SSSR count). The Balaban J connectivity index is 3.83. The zero-order valence-electron chi connectivity index (χ0n) is 9.49. The van der Waals surface area contributed by atoms with Crippen LogP contribution in [0.25, 0.3) is 0 Å². The standard InChI is InChI=1S/C9H13O6PS2/c1-2-3-6-7(16)4-5-8(17(10,11)12)9(6)18(13,14)15/h4-5H,2-3,16H2,1H3,(H,10,11,12)(H,13,14,15). The summed E-state index contributed by atoms with van der Waals surface area (Å²) in [6.45, 7) is 1.78. The fourth-order valence-corrected chi connectivity index (χ4v) is 4.19. The van der Waals surface area contributed by atoms with Crippen molar-refractivity contribution >= 4 is 34.8 Å². The molecular formula is C9H13O6PS2. The van der Waals surface area contributed by atoms with Crippen LogP contribution in [-0.4, -0.2) is 25.9 Å². The van der Waals surface area contributed by atoms with Crippen LogP contribution >= 0.6 is 9.24 Å². The Morgan fingerprint density at radius 3 is 2.06 bits per heavy atom. The van der Waals surface area contributed by atoms with E-state index in [1.807, 2.05) is 0 Å². The van der Waals surface area contributed by atoms with Crippen molar-refractivity contribution in [3.05, 3.63) is 17.7 Å². The Labute approximate surface area is 108 Å². The summed E-state index contributed by atoms with van der Waals surface area (Å²) in [6.07, 6.45) is 0.816. The minimum absolute atomic E-state index is 0.167. The van der Waals surface area contributed by atoms with E-state index in [1.165, 1.54) is 6.07 Å². The first kappa shape index (κ1) is 15.5. The second kappa shape index (κ2) is 5.22. The number of rotatable bonds is 4. The average Bonchev–Trinajstić information content (AvgIpc) is 2.17. The van der Waals surface area contributed by atoms with Crippen LogP contribution in [0.1, 0.15) is 18.9 Å².